The Morgan fingerprint density at radius 1 is 1.26 bits per heavy atom. The molecular formula is C14H22O4S. The maximum atomic E-state index is 11.7. The number of benzene rings is 1. The SMILES string of the molecule is Cc1ccc(C(C)O)c(OCCS(=O)(=O)C(C)C)c1. The Morgan fingerprint density at radius 2 is 1.89 bits per heavy atom. The van der Waals surface area contributed by atoms with Crippen molar-refractivity contribution in [1.29, 1.82) is 0 Å². The summed E-state index contributed by atoms with van der Waals surface area (Å²) >= 11 is 0. The van der Waals surface area contributed by atoms with E-state index in [1.807, 2.05) is 19.1 Å². The monoisotopic (exact) mass is 286 g/mol. The molecule has 0 aliphatic heterocycles. The Labute approximate surface area is 115 Å². The molecule has 108 valence electrons. The minimum atomic E-state index is -3.10. The zero-order chi connectivity index (χ0) is 14.6. The third-order valence-corrected chi connectivity index (χ3v) is 5.13. The fourth-order valence-corrected chi connectivity index (χ4v) is 2.40. The summed E-state index contributed by atoms with van der Waals surface area (Å²) in [6, 6.07) is 5.50. The summed E-state index contributed by atoms with van der Waals surface area (Å²) in [7, 11) is -3.10. The van der Waals surface area contributed by atoms with E-state index in [2.05, 4.69) is 0 Å². The van der Waals surface area contributed by atoms with Crippen LogP contribution in [0.2, 0.25) is 0 Å². The minimum Gasteiger partial charge on any atom is -0.492 e. The third kappa shape index (κ3) is 4.51. The van der Waals surface area contributed by atoms with Gasteiger partial charge in [-0.15, -0.1) is 0 Å². The minimum absolute atomic E-state index is 0.0160. The van der Waals surface area contributed by atoms with Crippen molar-refractivity contribution in [3.05, 3.63) is 29.3 Å². The van der Waals surface area contributed by atoms with Crippen molar-refractivity contribution < 1.29 is 18.3 Å². The van der Waals surface area contributed by atoms with Crippen LogP contribution >= 0.6 is 0 Å². The Bertz CT molecular complexity index is 518. The number of rotatable bonds is 6. The van der Waals surface area contributed by atoms with Gasteiger partial charge in [0.1, 0.15) is 12.4 Å². The summed E-state index contributed by atoms with van der Waals surface area (Å²) in [6.45, 7) is 6.99. The maximum Gasteiger partial charge on any atom is 0.155 e. The van der Waals surface area contributed by atoms with Gasteiger partial charge in [-0.25, -0.2) is 8.42 Å². The van der Waals surface area contributed by atoms with Crippen LogP contribution in [-0.2, 0) is 9.84 Å². The standard InChI is InChI=1S/C14H22O4S/c1-10(2)19(16,17)8-7-18-14-9-11(3)5-6-13(14)12(4)15/h5-6,9-10,12,15H,7-8H2,1-4H3. The van der Waals surface area contributed by atoms with Gasteiger partial charge in [0.05, 0.1) is 17.1 Å². The van der Waals surface area contributed by atoms with E-state index in [4.69, 9.17) is 4.74 Å². The van der Waals surface area contributed by atoms with Gasteiger partial charge in [0, 0.05) is 5.56 Å². The highest BCUT2D eigenvalue weighted by molar-refractivity contribution is 7.91. The van der Waals surface area contributed by atoms with E-state index in [1.54, 1.807) is 26.8 Å². The first kappa shape index (κ1) is 16.0. The first-order valence-electron chi connectivity index (χ1n) is 6.37. The topological polar surface area (TPSA) is 63.6 Å². The largest absolute Gasteiger partial charge is 0.492 e. The number of sulfone groups is 1. The van der Waals surface area contributed by atoms with Crippen molar-refractivity contribution in [2.24, 2.45) is 0 Å². The van der Waals surface area contributed by atoms with Crippen LogP contribution < -0.4 is 4.74 Å². The lowest BCUT2D eigenvalue weighted by Gasteiger charge is -2.15. The molecule has 0 amide bonds. The molecule has 5 heteroatoms. The molecule has 0 saturated carbocycles. The summed E-state index contributed by atoms with van der Waals surface area (Å²) in [6.07, 6.45) is -0.641. The van der Waals surface area contributed by atoms with E-state index < -0.39 is 21.2 Å². The highest BCUT2D eigenvalue weighted by Gasteiger charge is 2.17. The number of hydrogen-bond acceptors (Lipinski definition) is 4. The molecule has 0 aromatic heterocycles. The summed E-state index contributed by atoms with van der Waals surface area (Å²) in [5.74, 6) is 0.534. The predicted octanol–water partition coefficient (Wildman–Crippen LogP) is 2.25. The first-order valence-corrected chi connectivity index (χ1v) is 8.08. The molecule has 0 fully saturated rings. The maximum absolute atomic E-state index is 11.7. The van der Waals surface area contributed by atoms with Crippen LogP contribution in [0.5, 0.6) is 5.75 Å². The normalized spacial score (nSPS) is 13.6. The Morgan fingerprint density at radius 3 is 2.42 bits per heavy atom. The summed E-state index contributed by atoms with van der Waals surface area (Å²) in [5.41, 5.74) is 1.68. The smallest absolute Gasteiger partial charge is 0.155 e. The molecule has 1 rings (SSSR count). The van der Waals surface area contributed by atoms with Gasteiger partial charge >= 0.3 is 0 Å². The zero-order valence-electron chi connectivity index (χ0n) is 11.9. The lowest BCUT2D eigenvalue weighted by molar-refractivity contribution is 0.192. The molecule has 19 heavy (non-hydrogen) atoms. The van der Waals surface area contributed by atoms with Crippen molar-refractivity contribution in [2.45, 2.75) is 39.0 Å². The van der Waals surface area contributed by atoms with Gasteiger partial charge in [0.25, 0.3) is 0 Å². The van der Waals surface area contributed by atoms with Crippen LogP contribution in [0.25, 0.3) is 0 Å². The lowest BCUT2D eigenvalue weighted by atomic mass is 10.1. The van der Waals surface area contributed by atoms with Gasteiger partial charge in [0.15, 0.2) is 9.84 Å². The van der Waals surface area contributed by atoms with Crippen LogP contribution in [0.3, 0.4) is 0 Å². The summed E-state index contributed by atoms with van der Waals surface area (Å²) in [5, 5.41) is 9.25. The lowest BCUT2D eigenvalue weighted by Crippen LogP contribution is -2.22. The van der Waals surface area contributed by atoms with Crippen molar-refractivity contribution >= 4 is 9.84 Å². The Kier molecular flexibility index (Phi) is 5.38. The van der Waals surface area contributed by atoms with Gasteiger partial charge in [-0.05, 0) is 39.3 Å². The van der Waals surface area contributed by atoms with E-state index in [1.165, 1.54) is 0 Å². The molecule has 1 aromatic carbocycles. The number of aryl methyl sites for hydroxylation is 1. The number of aliphatic hydroxyl groups is 1. The van der Waals surface area contributed by atoms with Crippen molar-refractivity contribution in [2.75, 3.05) is 12.4 Å². The van der Waals surface area contributed by atoms with E-state index in [0.29, 0.717) is 11.3 Å². The van der Waals surface area contributed by atoms with Crippen LogP contribution in [0.15, 0.2) is 18.2 Å². The zero-order valence-corrected chi connectivity index (χ0v) is 12.7. The van der Waals surface area contributed by atoms with E-state index >= 15 is 0 Å². The van der Waals surface area contributed by atoms with Crippen LogP contribution in [-0.4, -0.2) is 31.1 Å². The number of hydrogen-bond donors (Lipinski definition) is 1. The van der Waals surface area contributed by atoms with E-state index in [0.717, 1.165) is 5.56 Å². The summed E-state index contributed by atoms with van der Waals surface area (Å²) < 4.78 is 28.9. The highest BCUT2D eigenvalue weighted by atomic mass is 32.2. The molecule has 1 unspecified atom stereocenters. The fourth-order valence-electron chi connectivity index (χ4n) is 1.62. The third-order valence-electron chi connectivity index (χ3n) is 2.96. The second-order valence-corrected chi connectivity index (χ2v) is 7.66. The molecule has 1 N–H and O–H groups in total. The molecule has 4 nitrogen and oxygen atoms in total. The average Bonchev–Trinajstić information content (AvgIpc) is 2.28. The second-order valence-electron chi connectivity index (χ2n) is 4.98. The fraction of sp³-hybridized carbons (Fsp3) is 0.571. The van der Waals surface area contributed by atoms with Gasteiger partial charge < -0.3 is 9.84 Å². The van der Waals surface area contributed by atoms with Crippen molar-refractivity contribution in [3.63, 3.8) is 0 Å². The Hall–Kier alpha value is -1.07. The molecular weight excluding hydrogens is 264 g/mol. The van der Waals surface area contributed by atoms with Gasteiger partial charge in [-0.3, -0.25) is 0 Å². The number of aliphatic hydroxyl groups excluding tert-OH is 1. The molecule has 1 atom stereocenters. The molecule has 0 spiro atoms. The molecule has 1 aromatic rings. The molecule has 0 aliphatic rings. The van der Waals surface area contributed by atoms with E-state index in [9.17, 15) is 13.5 Å². The van der Waals surface area contributed by atoms with Gasteiger partial charge in [-0.2, -0.15) is 0 Å². The van der Waals surface area contributed by atoms with Crippen molar-refractivity contribution in [1.82, 2.24) is 0 Å². The van der Waals surface area contributed by atoms with Gasteiger partial charge in [0.2, 0.25) is 0 Å². The molecule has 0 aliphatic carbocycles. The molecule has 0 radical (unpaired) electrons. The van der Waals surface area contributed by atoms with Crippen LogP contribution in [0, 0.1) is 6.92 Å². The average molecular weight is 286 g/mol. The summed E-state index contributed by atoms with van der Waals surface area (Å²) in [4.78, 5) is 0. The van der Waals surface area contributed by atoms with Crippen molar-refractivity contribution in [3.8, 4) is 5.75 Å². The first-order chi connectivity index (χ1) is 8.74. The van der Waals surface area contributed by atoms with Gasteiger partial charge in [-0.1, -0.05) is 12.1 Å². The predicted molar refractivity (Wildman–Crippen MR) is 76.2 cm³/mol. The highest BCUT2D eigenvalue weighted by Crippen LogP contribution is 2.26. The van der Waals surface area contributed by atoms with E-state index in [-0.39, 0.29) is 12.4 Å². The van der Waals surface area contributed by atoms with Crippen LogP contribution in [0.1, 0.15) is 38.0 Å². The Balaban J connectivity index is 2.75. The molecule has 0 saturated heterocycles. The quantitative estimate of drug-likeness (QED) is 0.871. The van der Waals surface area contributed by atoms with Crippen LogP contribution in [0.4, 0.5) is 0 Å². The second kappa shape index (κ2) is 6.39. The number of ether oxygens (including phenoxy) is 1. The molecule has 0 heterocycles. The molecule has 0 bridgehead atoms.